The molecule has 0 saturated heterocycles. The third kappa shape index (κ3) is 15.4. The number of esters is 2. The molecule has 7 nitrogen and oxygen atoms in total. The Morgan fingerprint density at radius 2 is 1.22 bits per heavy atom. The van der Waals surface area contributed by atoms with Crippen LogP contribution in [-0.2, 0) is 38.3 Å². The van der Waals surface area contributed by atoms with Gasteiger partial charge in [-0.2, -0.15) is 0 Å². The first kappa shape index (κ1) is 53.7. The van der Waals surface area contributed by atoms with E-state index in [1.54, 1.807) is 19.9 Å². The van der Waals surface area contributed by atoms with Crippen molar-refractivity contribution in [2.45, 2.75) is 169 Å². The molecule has 67 heavy (non-hydrogen) atoms. The van der Waals surface area contributed by atoms with E-state index >= 15 is 4.39 Å². The number of rotatable bonds is 27. The molecule has 8 heteroatoms. The Balaban J connectivity index is 1.38. The molecule has 0 bridgehead atoms. The quantitative estimate of drug-likeness (QED) is 0.0446. The number of benzene rings is 3. The van der Waals surface area contributed by atoms with E-state index in [2.05, 4.69) is 57.3 Å². The van der Waals surface area contributed by atoms with Crippen LogP contribution < -0.4 is 4.74 Å². The lowest BCUT2D eigenvalue weighted by Crippen LogP contribution is -2.31. The van der Waals surface area contributed by atoms with Crippen LogP contribution in [0.4, 0.5) is 4.39 Å². The molecule has 2 aliphatic rings. The van der Waals surface area contributed by atoms with Crippen LogP contribution in [0.5, 0.6) is 5.75 Å². The minimum Gasteiger partial charge on any atom is -0.493 e. The maximum Gasteiger partial charge on any atom is 0.333 e. The molecule has 2 fully saturated rings. The van der Waals surface area contributed by atoms with Crippen molar-refractivity contribution < 1.29 is 38.4 Å². The highest BCUT2D eigenvalue weighted by atomic mass is 19.1. The van der Waals surface area contributed by atoms with Crippen molar-refractivity contribution in [3.05, 3.63) is 101 Å². The highest BCUT2D eigenvalue weighted by Crippen LogP contribution is 2.45. The van der Waals surface area contributed by atoms with Gasteiger partial charge in [0.05, 0.1) is 33.0 Å². The SMILES string of the molecule is C=C(C)C(=O)OCCCc1cc(-c2ccc(-c3ccc(C4CCC(C5CCC(CCCCC)CC5)CC4)cc3F)cc2CC)cc(CCCOC(=O)C(=C)C)c1OCCC(CO)(CO)CCC. The zero-order valence-electron chi connectivity index (χ0n) is 41.8. The van der Waals surface area contributed by atoms with Crippen molar-refractivity contribution in [2.24, 2.45) is 23.2 Å². The number of unbranched alkanes of at least 4 members (excludes halogenated alkanes) is 2. The van der Waals surface area contributed by atoms with Gasteiger partial charge in [-0.1, -0.05) is 109 Å². The van der Waals surface area contributed by atoms with Crippen molar-refractivity contribution in [2.75, 3.05) is 33.0 Å². The maximum absolute atomic E-state index is 16.2. The van der Waals surface area contributed by atoms with Crippen LogP contribution in [0, 0.1) is 29.0 Å². The van der Waals surface area contributed by atoms with Crippen LogP contribution in [0.25, 0.3) is 22.3 Å². The molecular weight excluding hydrogens is 840 g/mol. The van der Waals surface area contributed by atoms with E-state index in [0.717, 1.165) is 82.4 Å². The Kier molecular flexibility index (Phi) is 21.7. The number of hydrogen-bond acceptors (Lipinski definition) is 7. The minimum atomic E-state index is -0.661. The average Bonchev–Trinajstić information content (AvgIpc) is 3.34. The zero-order chi connectivity index (χ0) is 48.3. The van der Waals surface area contributed by atoms with Gasteiger partial charge in [-0.05, 0) is 178 Å². The number of hydrogen-bond donors (Lipinski definition) is 2. The Labute approximate surface area is 403 Å². The van der Waals surface area contributed by atoms with Crippen molar-refractivity contribution in [3.63, 3.8) is 0 Å². The number of aliphatic hydroxyl groups excluding tert-OH is 2. The largest absolute Gasteiger partial charge is 0.493 e. The lowest BCUT2D eigenvalue weighted by atomic mass is 9.68. The lowest BCUT2D eigenvalue weighted by Gasteiger charge is -2.38. The second-order valence-electron chi connectivity index (χ2n) is 20.2. The number of aliphatic hydroxyl groups is 2. The highest BCUT2D eigenvalue weighted by Gasteiger charge is 2.32. The summed E-state index contributed by atoms with van der Waals surface area (Å²) in [6, 6.07) is 16.4. The molecule has 0 radical (unpaired) electrons. The third-order valence-electron chi connectivity index (χ3n) is 15.0. The van der Waals surface area contributed by atoms with Gasteiger partial charge < -0.3 is 24.4 Å². The maximum atomic E-state index is 16.2. The topological polar surface area (TPSA) is 102 Å². The molecule has 2 aliphatic carbocycles. The number of carbonyl (C=O) groups is 2. The van der Waals surface area contributed by atoms with Gasteiger partial charge in [-0.3, -0.25) is 0 Å². The number of aryl methyl sites for hydroxylation is 3. The van der Waals surface area contributed by atoms with Crippen LogP contribution in [0.3, 0.4) is 0 Å². The van der Waals surface area contributed by atoms with Crippen LogP contribution >= 0.6 is 0 Å². The van der Waals surface area contributed by atoms with Crippen LogP contribution in [0.2, 0.25) is 0 Å². The summed E-state index contributed by atoms with van der Waals surface area (Å²) in [6.45, 7) is 17.5. The molecule has 5 rings (SSSR count). The summed E-state index contributed by atoms with van der Waals surface area (Å²) >= 11 is 0. The Morgan fingerprint density at radius 3 is 1.75 bits per heavy atom. The van der Waals surface area contributed by atoms with Crippen LogP contribution in [-0.4, -0.2) is 55.2 Å². The first-order valence-electron chi connectivity index (χ1n) is 25.9. The van der Waals surface area contributed by atoms with Crippen molar-refractivity contribution in [1.29, 1.82) is 0 Å². The number of ether oxygens (including phenoxy) is 3. The minimum absolute atomic E-state index is 0.147. The summed E-state index contributed by atoms with van der Waals surface area (Å²) in [5, 5.41) is 20.6. The fraction of sp³-hybridized carbons (Fsp3) is 0.593. The molecule has 0 unspecified atom stereocenters. The second kappa shape index (κ2) is 27.1. The summed E-state index contributed by atoms with van der Waals surface area (Å²) in [7, 11) is 0. The third-order valence-corrected chi connectivity index (χ3v) is 15.0. The monoisotopic (exact) mass is 923 g/mol. The summed E-state index contributed by atoms with van der Waals surface area (Å²) in [5.74, 6) is 2.72. The molecular formula is C59H83FO7. The predicted molar refractivity (Wildman–Crippen MR) is 271 cm³/mol. The molecule has 0 atom stereocenters. The van der Waals surface area contributed by atoms with Gasteiger partial charge in [0.1, 0.15) is 11.6 Å². The Morgan fingerprint density at radius 1 is 0.657 bits per heavy atom. The zero-order valence-corrected chi connectivity index (χ0v) is 41.8. The molecule has 0 amide bonds. The van der Waals surface area contributed by atoms with Crippen molar-refractivity contribution in [3.8, 4) is 28.0 Å². The average molecular weight is 923 g/mol. The molecule has 368 valence electrons. The molecule has 3 aromatic carbocycles. The van der Waals surface area contributed by atoms with Crippen molar-refractivity contribution >= 4 is 11.9 Å². The highest BCUT2D eigenvalue weighted by molar-refractivity contribution is 5.87. The summed E-state index contributed by atoms with van der Waals surface area (Å²) in [6.07, 6.45) is 20.8. The molecule has 0 spiro atoms. The van der Waals surface area contributed by atoms with E-state index < -0.39 is 17.4 Å². The van der Waals surface area contributed by atoms with E-state index in [0.29, 0.717) is 66.9 Å². The Bertz CT molecular complexity index is 2010. The van der Waals surface area contributed by atoms with Gasteiger partial charge in [-0.15, -0.1) is 0 Å². The van der Waals surface area contributed by atoms with Crippen LogP contribution in [0.15, 0.2) is 72.8 Å². The van der Waals surface area contributed by atoms with E-state index in [4.69, 9.17) is 14.2 Å². The smallest absolute Gasteiger partial charge is 0.333 e. The molecule has 0 aliphatic heterocycles. The second-order valence-corrected chi connectivity index (χ2v) is 20.2. The van der Waals surface area contributed by atoms with Gasteiger partial charge in [0.2, 0.25) is 0 Å². The normalized spacial score (nSPS) is 18.6. The van der Waals surface area contributed by atoms with Gasteiger partial charge in [0.25, 0.3) is 0 Å². The standard InChI is InChI=1S/C59H83FO7/c1-8-11-12-15-43-18-20-45(21-19-43)46-22-24-47(25-23-46)48-26-29-54(55(60)38-48)49-27-28-53(44(10-3)35-49)52-36-50(16-13-32-66-57(63)41(4)5)56(65-34-31-59(39-61,40-62)30-9-2)51(37-52)17-14-33-67-58(64)42(6)7/h26-29,35-38,43,45-47,61-62H,4,6,8-25,30-34,39-40H2,1-3,5,7H3. The van der Waals surface area contributed by atoms with E-state index in [1.165, 1.54) is 64.2 Å². The van der Waals surface area contributed by atoms with Gasteiger partial charge >= 0.3 is 11.9 Å². The molecule has 0 heterocycles. The Hall–Kier alpha value is -4.27. The number of halogens is 1. The predicted octanol–water partition coefficient (Wildman–Crippen LogP) is 14.0. The van der Waals surface area contributed by atoms with E-state index in [-0.39, 0.29) is 38.9 Å². The number of carbonyl (C=O) groups excluding carboxylic acids is 2. The van der Waals surface area contributed by atoms with Gasteiger partial charge in [0, 0.05) is 22.1 Å². The first-order chi connectivity index (χ1) is 32.3. The fourth-order valence-electron chi connectivity index (χ4n) is 10.9. The van der Waals surface area contributed by atoms with E-state index in [9.17, 15) is 19.8 Å². The summed E-state index contributed by atoms with van der Waals surface area (Å²) in [5.41, 5.74) is 7.56. The molecule has 3 aromatic rings. The summed E-state index contributed by atoms with van der Waals surface area (Å²) < 4.78 is 33.8. The van der Waals surface area contributed by atoms with Crippen LogP contribution in [0.1, 0.15) is 172 Å². The summed E-state index contributed by atoms with van der Waals surface area (Å²) in [4.78, 5) is 24.5. The first-order valence-corrected chi connectivity index (χ1v) is 25.9. The molecule has 0 aromatic heterocycles. The lowest BCUT2D eigenvalue weighted by molar-refractivity contribution is -0.139. The fourth-order valence-corrected chi connectivity index (χ4v) is 10.9. The van der Waals surface area contributed by atoms with Crippen molar-refractivity contribution in [1.82, 2.24) is 0 Å². The molecule has 2 saturated carbocycles. The van der Waals surface area contributed by atoms with Gasteiger partial charge in [0.15, 0.2) is 0 Å². The van der Waals surface area contributed by atoms with Gasteiger partial charge in [-0.25, -0.2) is 14.0 Å². The molecule has 2 N–H and O–H groups in total. The van der Waals surface area contributed by atoms with E-state index in [1.807, 2.05) is 19.1 Å².